The molecule has 2 N–H and O–H groups in total. The molecule has 8 nitrogen and oxygen atoms in total. The molecule has 176 valence electrons. The number of hydrogen-bond donors (Lipinski definition) is 2. The Morgan fingerprint density at radius 1 is 1.06 bits per heavy atom. The SMILES string of the molecule is CC(C)(C)NS(=O)(=O)c1cc(C(=O)NCc2ccc(-n3cnc4ccccc43)nc2)ccc1Cl. The highest BCUT2D eigenvalue weighted by Crippen LogP contribution is 2.24. The van der Waals surface area contributed by atoms with Gasteiger partial charge in [-0.1, -0.05) is 29.8 Å². The number of amides is 1. The molecule has 0 saturated carbocycles. The first-order valence-corrected chi connectivity index (χ1v) is 12.4. The smallest absolute Gasteiger partial charge is 0.251 e. The normalized spacial score (nSPS) is 12.1. The van der Waals surface area contributed by atoms with Crippen molar-refractivity contribution in [2.24, 2.45) is 0 Å². The molecule has 0 radical (unpaired) electrons. The Labute approximate surface area is 203 Å². The summed E-state index contributed by atoms with van der Waals surface area (Å²) in [4.78, 5) is 21.4. The molecule has 0 fully saturated rings. The van der Waals surface area contributed by atoms with Crippen LogP contribution in [-0.4, -0.2) is 34.4 Å². The Hall–Kier alpha value is -3.27. The van der Waals surface area contributed by atoms with Crippen molar-refractivity contribution in [3.05, 3.63) is 83.3 Å². The molecule has 2 heterocycles. The van der Waals surface area contributed by atoms with Crippen LogP contribution in [0.25, 0.3) is 16.9 Å². The van der Waals surface area contributed by atoms with E-state index in [1.165, 1.54) is 18.2 Å². The van der Waals surface area contributed by atoms with Crippen molar-refractivity contribution in [3.63, 3.8) is 0 Å². The molecule has 0 aliphatic carbocycles. The van der Waals surface area contributed by atoms with Crippen molar-refractivity contribution in [1.82, 2.24) is 24.6 Å². The second-order valence-corrected chi connectivity index (χ2v) is 10.9. The number of nitrogens with one attached hydrogen (secondary N) is 2. The molecule has 0 spiro atoms. The first kappa shape index (κ1) is 23.9. The summed E-state index contributed by atoms with van der Waals surface area (Å²) >= 11 is 6.12. The van der Waals surface area contributed by atoms with Gasteiger partial charge in [0.1, 0.15) is 17.0 Å². The topological polar surface area (TPSA) is 106 Å². The number of halogens is 1. The average Bonchev–Trinajstić information content (AvgIpc) is 3.20. The minimum absolute atomic E-state index is 0.0418. The van der Waals surface area contributed by atoms with Crippen LogP contribution in [0, 0.1) is 0 Å². The van der Waals surface area contributed by atoms with Crippen LogP contribution in [-0.2, 0) is 16.6 Å². The summed E-state index contributed by atoms with van der Waals surface area (Å²) in [6.45, 7) is 5.40. The molecular weight excluding hydrogens is 474 g/mol. The number of fused-ring (bicyclic) bond motifs is 1. The van der Waals surface area contributed by atoms with Crippen LogP contribution in [0.15, 0.2) is 72.0 Å². The molecule has 0 saturated heterocycles. The molecule has 2 aromatic heterocycles. The van der Waals surface area contributed by atoms with Gasteiger partial charge in [-0.15, -0.1) is 0 Å². The molecule has 4 rings (SSSR count). The molecular formula is C24H24ClN5O3S. The van der Waals surface area contributed by atoms with E-state index in [9.17, 15) is 13.2 Å². The summed E-state index contributed by atoms with van der Waals surface area (Å²) in [5, 5.41) is 2.83. The molecule has 0 bridgehead atoms. The van der Waals surface area contributed by atoms with Gasteiger partial charge in [0, 0.05) is 23.8 Å². The molecule has 4 aromatic rings. The maximum absolute atomic E-state index is 12.7. The van der Waals surface area contributed by atoms with Crippen molar-refractivity contribution < 1.29 is 13.2 Å². The Morgan fingerprint density at radius 3 is 2.53 bits per heavy atom. The van der Waals surface area contributed by atoms with Crippen LogP contribution in [0.2, 0.25) is 5.02 Å². The fraction of sp³-hybridized carbons (Fsp3) is 0.208. The zero-order valence-electron chi connectivity index (χ0n) is 18.9. The van der Waals surface area contributed by atoms with E-state index in [0.717, 1.165) is 16.6 Å². The molecule has 0 unspecified atom stereocenters. The molecule has 0 aliphatic rings. The predicted molar refractivity (Wildman–Crippen MR) is 132 cm³/mol. The largest absolute Gasteiger partial charge is 0.348 e. The van der Waals surface area contributed by atoms with Gasteiger partial charge in [0.15, 0.2) is 0 Å². The average molecular weight is 498 g/mol. The van der Waals surface area contributed by atoms with Gasteiger partial charge in [0.2, 0.25) is 10.0 Å². The highest BCUT2D eigenvalue weighted by molar-refractivity contribution is 7.89. The van der Waals surface area contributed by atoms with Crippen LogP contribution in [0.3, 0.4) is 0 Å². The van der Waals surface area contributed by atoms with Crippen molar-refractivity contribution in [1.29, 1.82) is 0 Å². The van der Waals surface area contributed by atoms with Crippen molar-refractivity contribution in [2.45, 2.75) is 37.8 Å². The lowest BCUT2D eigenvalue weighted by Gasteiger charge is -2.21. The highest BCUT2D eigenvalue weighted by atomic mass is 35.5. The summed E-state index contributed by atoms with van der Waals surface area (Å²) in [6, 6.07) is 15.6. The zero-order chi connectivity index (χ0) is 24.5. The van der Waals surface area contributed by atoms with E-state index >= 15 is 0 Å². The van der Waals surface area contributed by atoms with Crippen LogP contribution in [0.1, 0.15) is 36.7 Å². The van der Waals surface area contributed by atoms with Gasteiger partial charge in [-0.2, -0.15) is 0 Å². The molecule has 1 amide bonds. The van der Waals surface area contributed by atoms with Gasteiger partial charge in [0.25, 0.3) is 5.91 Å². The molecule has 0 aliphatic heterocycles. The number of para-hydroxylation sites is 2. The third kappa shape index (κ3) is 5.27. The lowest BCUT2D eigenvalue weighted by atomic mass is 10.1. The van der Waals surface area contributed by atoms with Crippen molar-refractivity contribution in [2.75, 3.05) is 0 Å². The minimum Gasteiger partial charge on any atom is -0.348 e. The number of hydrogen-bond acceptors (Lipinski definition) is 5. The summed E-state index contributed by atoms with van der Waals surface area (Å²) in [5.74, 6) is 0.288. The van der Waals surface area contributed by atoms with E-state index < -0.39 is 21.5 Å². The van der Waals surface area contributed by atoms with Crippen molar-refractivity contribution in [3.8, 4) is 5.82 Å². The van der Waals surface area contributed by atoms with E-state index in [0.29, 0.717) is 5.82 Å². The third-order valence-corrected chi connectivity index (χ3v) is 7.13. The number of benzene rings is 2. The maximum atomic E-state index is 12.7. The summed E-state index contributed by atoms with van der Waals surface area (Å²) in [5.41, 5.74) is 2.11. The molecule has 2 aromatic carbocycles. The number of sulfonamides is 1. The third-order valence-electron chi connectivity index (χ3n) is 4.89. The second-order valence-electron chi connectivity index (χ2n) is 8.81. The predicted octanol–water partition coefficient (Wildman–Crippen LogP) is 4.08. The number of nitrogens with zero attached hydrogens (tertiary/aromatic N) is 3. The first-order chi connectivity index (χ1) is 16.0. The van der Waals surface area contributed by atoms with E-state index in [-0.39, 0.29) is 22.0 Å². The monoisotopic (exact) mass is 497 g/mol. The zero-order valence-corrected chi connectivity index (χ0v) is 20.5. The quantitative estimate of drug-likeness (QED) is 0.417. The maximum Gasteiger partial charge on any atom is 0.251 e. The second kappa shape index (κ2) is 9.17. The molecule has 0 atom stereocenters. The fourth-order valence-corrected chi connectivity index (χ4v) is 5.34. The number of rotatable bonds is 6. The standard InChI is InChI=1S/C24H24ClN5O3S/c1-24(2,3)29-34(32,33)21-12-17(9-10-18(21)25)23(31)27-14-16-8-11-22(26-13-16)30-15-28-19-6-4-5-7-20(19)30/h4-13,15,29H,14H2,1-3H3,(H,27,31). The van der Waals surface area contributed by atoms with Gasteiger partial charge in [-0.25, -0.2) is 23.1 Å². The summed E-state index contributed by atoms with van der Waals surface area (Å²) in [6.07, 6.45) is 3.39. The minimum atomic E-state index is -3.89. The van der Waals surface area contributed by atoms with Crippen molar-refractivity contribution >= 4 is 38.6 Å². The van der Waals surface area contributed by atoms with Gasteiger partial charge in [0.05, 0.1) is 16.1 Å². The lowest BCUT2D eigenvalue weighted by molar-refractivity contribution is 0.0950. The summed E-state index contributed by atoms with van der Waals surface area (Å²) < 4.78 is 29.8. The molecule has 10 heteroatoms. The Kier molecular flexibility index (Phi) is 6.44. The van der Waals surface area contributed by atoms with Gasteiger partial charge in [-0.05, 0) is 62.7 Å². The van der Waals surface area contributed by atoms with E-state index in [1.54, 1.807) is 33.3 Å². The van der Waals surface area contributed by atoms with Crippen LogP contribution < -0.4 is 10.0 Å². The van der Waals surface area contributed by atoms with E-state index in [1.807, 2.05) is 41.0 Å². The van der Waals surface area contributed by atoms with Gasteiger partial charge >= 0.3 is 0 Å². The van der Waals surface area contributed by atoms with E-state index in [2.05, 4.69) is 20.0 Å². The Bertz CT molecular complexity index is 1460. The Balaban J connectivity index is 1.47. The Morgan fingerprint density at radius 2 is 1.82 bits per heavy atom. The van der Waals surface area contributed by atoms with Gasteiger partial charge < -0.3 is 5.32 Å². The van der Waals surface area contributed by atoms with Crippen LogP contribution in [0.4, 0.5) is 0 Å². The van der Waals surface area contributed by atoms with E-state index in [4.69, 9.17) is 11.6 Å². The molecule has 34 heavy (non-hydrogen) atoms. The first-order valence-electron chi connectivity index (χ1n) is 10.5. The summed E-state index contributed by atoms with van der Waals surface area (Å²) in [7, 11) is -3.89. The number of carbonyl (C=O) groups excluding carboxylic acids is 1. The number of aromatic nitrogens is 3. The number of carbonyl (C=O) groups is 1. The van der Waals surface area contributed by atoms with Crippen LogP contribution in [0.5, 0.6) is 0 Å². The number of imidazole rings is 1. The fourth-order valence-electron chi connectivity index (χ4n) is 3.40. The van der Waals surface area contributed by atoms with Crippen LogP contribution >= 0.6 is 11.6 Å². The highest BCUT2D eigenvalue weighted by Gasteiger charge is 2.25. The van der Waals surface area contributed by atoms with Gasteiger partial charge in [-0.3, -0.25) is 9.36 Å². The lowest BCUT2D eigenvalue weighted by Crippen LogP contribution is -2.40. The number of pyridine rings is 1.